The molecular formula is C28H32N2O7. The second-order valence-corrected chi connectivity index (χ2v) is 9.30. The minimum absolute atomic E-state index is 0.0972. The third-order valence-corrected chi connectivity index (χ3v) is 6.90. The number of benzene rings is 2. The molecule has 1 aliphatic heterocycles. The molecule has 9 nitrogen and oxygen atoms in total. The third kappa shape index (κ3) is 5.60. The first-order valence-corrected chi connectivity index (χ1v) is 12.5. The molecule has 0 spiro atoms. The van der Waals surface area contributed by atoms with E-state index in [2.05, 4.69) is 0 Å². The highest BCUT2D eigenvalue weighted by molar-refractivity contribution is 6.23. The van der Waals surface area contributed by atoms with E-state index in [1.54, 1.807) is 35.2 Å². The highest BCUT2D eigenvalue weighted by atomic mass is 16.5. The van der Waals surface area contributed by atoms with Crippen LogP contribution >= 0.6 is 0 Å². The predicted octanol–water partition coefficient (Wildman–Crippen LogP) is 4.13. The van der Waals surface area contributed by atoms with Gasteiger partial charge < -0.3 is 19.1 Å². The number of amides is 3. The molecule has 3 amide bonds. The fourth-order valence-corrected chi connectivity index (χ4v) is 5.15. The van der Waals surface area contributed by atoms with Crippen LogP contribution in [0.3, 0.4) is 0 Å². The molecule has 196 valence electrons. The van der Waals surface area contributed by atoms with Gasteiger partial charge in [-0.1, -0.05) is 25.7 Å². The summed E-state index contributed by atoms with van der Waals surface area (Å²) < 4.78 is 15.7. The van der Waals surface area contributed by atoms with E-state index in [9.17, 15) is 19.2 Å². The smallest absolute Gasteiger partial charge is 0.308 e. The highest BCUT2D eigenvalue weighted by Crippen LogP contribution is 2.34. The number of carbonyl (C=O) groups is 4. The first-order chi connectivity index (χ1) is 17.8. The number of methoxy groups -OCH3 is 2. The van der Waals surface area contributed by atoms with Crippen LogP contribution < -0.4 is 19.1 Å². The number of hydrogen-bond acceptors (Lipinski definition) is 7. The van der Waals surface area contributed by atoms with Crippen molar-refractivity contribution in [3.05, 3.63) is 48.0 Å². The number of nitrogens with zero attached hydrogens (tertiary/aromatic N) is 2. The van der Waals surface area contributed by atoms with Crippen molar-refractivity contribution in [2.45, 2.75) is 64.0 Å². The number of esters is 1. The Hall–Kier alpha value is -3.88. The van der Waals surface area contributed by atoms with Crippen molar-refractivity contribution in [3.8, 4) is 17.2 Å². The summed E-state index contributed by atoms with van der Waals surface area (Å²) in [5.41, 5.74) is 0.735. The van der Waals surface area contributed by atoms with E-state index in [1.165, 1.54) is 33.3 Å². The molecule has 2 aromatic carbocycles. The van der Waals surface area contributed by atoms with Gasteiger partial charge in [-0.15, -0.1) is 0 Å². The quantitative estimate of drug-likeness (QED) is 0.240. The maximum atomic E-state index is 14.0. The maximum absolute atomic E-state index is 14.0. The van der Waals surface area contributed by atoms with Crippen LogP contribution in [0.15, 0.2) is 42.5 Å². The average Bonchev–Trinajstić information content (AvgIpc) is 3.05. The molecule has 1 atom stereocenters. The van der Waals surface area contributed by atoms with E-state index in [-0.39, 0.29) is 24.3 Å². The fourth-order valence-electron chi connectivity index (χ4n) is 5.15. The zero-order valence-electron chi connectivity index (χ0n) is 21.4. The lowest BCUT2D eigenvalue weighted by molar-refractivity contribution is -0.132. The lowest BCUT2D eigenvalue weighted by Crippen LogP contribution is -2.50. The van der Waals surface area contributed by atoms with Crippen LogP contribution in [0.5, 0.6) is 17.2 Å². The van der Waals surface area contributed by atoms with E-state index >= 15 is 0 Å². The molecule has 2 aromatic rings. The van der Waals surface area contributed by atoms with Gasteiger partial charge in [0, 0.05) is 18.5 Å². The van der Waals surface area contributed by atoms with Crippen LogP contribution in [-0.4, -0.2) is 54.9 Å². The molecule has 4 rings (SSSR count). The number of hydrogen-bond donors (Lipinski definition) is 0. The highest BCUT2D eigenvalue weighted by Gasteiger charge is 2.46. The topological polar surface area (TPSA) is 102 Å². The predicted molar refractivity (Wildman–Crippen MR) is 136 cm³/mol. The Morgan fingerprint density at radius 1 is 0.892 bits per heavy atom. The maximum Gasteiger partial charge on any atom is 0.308 e. The molecule has 1 saturated carbocycles. The Kier molecular flexibility index (Phi) is 8.11. The minimum atomic E-state index is -0.913. The van der Waals surface area contributed by atoms with Crippen LogP contribution in [0.25, 0.3) is 0 Å². The standard InChI is InChI=1S/C28H32N2O7/c1-18(31)37-22-13-11-21(12-14-22)30-26(32)17-23(28(30)34)29(20-8-6-4-5-7-9-20)27(33)19-10-15-24(35-2)25(16-19)36-3/h10-16,20,23H,4-9,17H2,1-3H3. The molecule has 0 aromatic heterocycles. The van der Waals surface area contributed by atoms with Crippen LogP contribution in [0.2, 0.25) is 0 Å². The summed E-state index contributed by atoms with van der Waals surface area (Å²) in [6.07, 6.45) is 5.51. The summed E-state index contributed by atoms with van der Waals surface area (Å²) >= 11 is 0. The lowest BCUT2D eigenvalue weighted by Gasteiger charge is -2.35. The van der Waals surface area contributed by atoms with Gasteiger partial charge in [-0.05, 0) is 55.3 Å². The van der Waals surface area contributed by atoms with E-state index in [0.29, 0.717) is 28.5 Å². The zero-order chi connectivity index (χ0) is 26.5. The first-order valence-electron chi connectivity index (χ1n) is 12.5. The Labute approximate surface area is 216 Å². The summed E-state index contributed by atoms with van der Waals surface area (Å²) in [7, 11) is 3.02. The van der Waals surface area contributed by atoms with E-state index in [0.717, 1.165) is 43.4 Å². The fraction of sp³-hybridized carbons (Fsp3) is 0.429. The minimum Gasteiger partial charge on any atom is -0.493 e. The Balaban J connectivity index is 1.66. The monoisotopic (exact) mass is 508 g/mol. The molecule has 1 heterocycles. The molecule has 0 bridgehead atoms. The van der Waals surface area contributed by atoms with Gasteiger partial charge in [0.1, 0.15) is 11.8 Å². The molecular weight excluding hydrogens is 476 g/mol. The molecule has 1 unspecified atom stereocenters. The summed E-state index contributed by atoms with van der Waals surface area (Å²) in [5.74, 6) is -0.374. The number of ether oxygens (including phenoxy) is 3. The Morgan fingerprint density at radius 2 is 1.54 bits per heavy atom. The number of anilines is 1. The van der Waals surface area contributed by atoms with Crippen LogP contribution in [-0.2, 0) is 14.4 Å². The first kappa shape index (κ1) is 26.2. The van der Waals surface area contributed by atoms with Crippen molar-refractivity contribution in [2.24, 2.45) is 0 Å². The molecule has 0 N–H and O–H groups in total. The van der Waals surface area contributed by atoms with Crippen molar-refractivity contribution >= 4 is 29.4 Å². The van der Waals surface area contributed by atoms with Crippen LogP contribution in [0.1, 0.15) is 62.2 Å². The van der Waals surface area contributed by atoms with Crippen LogP contribution in [0.4, 0.5) is 5.69 Å². The normalized spacial score (nSPS) is 18.4. The van der Waals surface area contributed by atoms with Gasteiger partial charge in [-0.3, -0.25) is 19.2 Å². The zero-order valence-corrected chi connectivity index (χ0v) is 21.4. The van der Waals surface area contributed by atoms with E-state index in [4.69, 9.17) is 14.2 Å². The van der Waals surface area contributed by atoms with Gasteiger partial charge in [-0.2, -0.15) is 0 Å². The molecule has 2 aliphatic rings. The Bertz CT molecular complexity index is 1170. The summed E-state index contributed by atoms with van der Waals surface area (Å²) in [6, 6.07) is 10.0. The summed E-state index contributed by atoms with van der Waals surface area (Å²) in [6.45, 7) is 1.30. The van der Waals surface area contributed by atoms with E-state index in [1.807, 2.05) is 0 Å². The van der Waals surface area contributed by atoms with Gasteiger partial charge in [-0.25, -0.2) is 4.90 Å². The average molecular weight is 509 g/mol. The van der Waals surface area contributed by atoms with Crippen molar-refractivity contribution in [1.82, 2.24) is 4.90 Å². The largest absolute Gasteiger partial charge is 0.493 e. The number of imide groups is 1. The lowest BCUT2D eigenvalue weighted by atomic mass is 10.0. The summed E-state index contributed by atoms with van der Waals surface area (Å²) in [4.78, 5) is 54.7. The van der Waals surface area contributed by atoms with Gasteiger partial charge in [0.2, 0.25) is 5.91 Å². The molecule has 1 saturated heterocycles. The van der Waals surface area contributed by atoms with Gasteiger partial charge in [0.15, 0.2) is 11.5 Å². The second kappa shape index (κ2) is 11.5. The molecule has 9 heteroatoms. The van der Waals surface area contributed by atoms with Crippen LogP contribution in [0, 0.1) is 0 Å². The van der Waals surface area contributed by atoms with Crippen molar-refractivity contribution in [1.29, 1.82) is 0 Å². The van der Waals surface area contributed by atoms with Crippen molar-refractivity contribution in [2.75, 3.05) is 19.1 Å². The SMILES string of the molecule is COc1ccc(C(=O)N(C2CCCCCC2)C2CC(=O)N(c3ccc(OC(C)=O)cc3)C2=O)cc1OC. The van der Waals surface area contributed by atoms with E-state index < -0.39 is 17.9 Å². The van der Waals surface area contributed by atoms with Gasteiger partial charge in [0.05, 0.1) is 26.3 Å². The molecule has 0 radical (unpaired) electrons. The third-order valence-electron chi connectivity index (χ3n) is 6.90. The van der Waals surface area contributed by atoms with Gasteiger partial charge >= 0.3 is 5.97 Å². The Morgan fingerprint density at radius 3 is 2.14 bits per heavy atom. The second-order valence-electron chi connectivity index (χ2n) is 9.30. The number of rotatable bonds is 7. The molecule has 1 aliphatic carbocycles. The number of carbonyl (C=O) groups excluding carboxylic acids is 4. The molecule has 2 fully saturated rings. The summed E-state index contributed by atoms with van der Waals surface area (Å²) in [5, 5.41) is 0. The van der Waals surface area contributed by atoms with Crippen molar-refractivity contribution in [3.63, 3.8) is 0 Å². The van der Waals surface area contributed by atoms with Gasteiger partial charge in [0.25, 0.3) is 11.8 Å². The van der Waals surface area contributed by atoms with Crippen molar-refractivity contribution < 1.29 is 33.4 Å². The molecule has 37 heavy (non-hydrogen) atoms.